The van der Waals surface area contributed by atoms with Gasteiger partial charge in [0.1, 0.15) is 17.5 Å². The fourth-order valence-electron chi connectivity index (χ4n) is 3.63. The van der Waals surface area contributed by atoms with E-state index in [1.54, 1.807) is 27.0 Å². The van der Waals surface area contributed by atoms with E-state index in [9.17, 15) is 23.1 Å². The van der Waals surface area contributed by atoms with E-state index in [4.69, 9.17) is 0 Å². The zero-order valence-electron chi connectivity index (χ0n) is 15.3. The van der Waals surface area contributed by atoms with E-state index in [0.29, 0.717) is 11.6 Å². The molecule has 2 aromatic rings. The van der Waals surface area contributed by atoms with E-state index in [-0.39, 0.29) is 17.8 Å². The molecule has 0 aliphatic carbocycles. The van der Waals surface area contributed by atoms with Crippen molar-refractivity contribution in [2.75, 3.05) is 18.5 Å². The minimum atomic E-state index is -1.19. The highest BCUT2D eigenvalue weighted by Crippen LogP contribution is 2.47. The van der Waals surface area contributed by atoms with Gasteiger partial charge < -0.3 is 10.4 Å². The SMILES string of the molecule is CNC[C@@H](O)[C@H](c1cccc(F)c1)N1C(=O)C(C)(C)c2cc(F)cc(F)c21. The highest BCUT2D eigenvalue weighted by molar-refractivity contribution is 6.08. The van der Waals surface area contributed by atoms with Gasteiger partial charge in [-0.3, -0.25) is 9.69 Å². The van der Waals surface area contributed by atoms with Crippen LogP contribution >= 0.6 is 0 Å². The third kappa shape index (κ3) is 3.21. The summed E-state index contributed by atoms with van der Waals surface area (Å²) in [5, 5.41) is 13.5. The lowest BCUT2D eigenvalue weighted by Gasteiger charge is -2.34. The maximum Gasteiger partial charge on any atom is 0.237 e. The van der Waals surface area contributed by atoms with Gasteiger partial charge in [-0.2, -0.15) is 0 Å². The molecule has 2 N–H and O–H groups in total. The Balaban J connectivity index is 2.23. The van der Waals surface area contributed by atoms with Crippen molar-refractivity contribution in [1.82, 2.24) is 5.32 Å². The summed E-state index contributed by atoms with van der Waals surface area (Å²) in [7, 11) is 1.62. The minimum Gasteiger partial charge on any atom is -0.389 e. The Labute approximate surface area is 155 Å². The summed E-state index contributed by atoms with van der Waals surface area (Å²) in [4.78, 5) is 14.3. The van der Waals surface area contributed by atoms with Crippen LogP contribution in [0.3, 0.4) is 0 Å². The molecule has 0 unspecified atom stereocenters. The molecule has 2 atom stereocenters. The minimum absolute atomic E-state index is 0.0868. The number of benzene rings is 2. The van der Waals surface area contributed by atoms with Crippen molar-refractivity contribution >= 4 is 11.6 Å². The molecule has 0 saturated carbocycles. The van der Waals surface area contributed by atoms with Crippen molar-refractivity contribution in [3.05, 3.63) is 65.0 Å². The highest BCUT2D eigenvalue weighted by Gasteiger charge is 2.50. The third-order valence-corrected chi connectivity index (χ3v) is 4.94. The van der Waals surface area contributed by atoms with Crippen LogP contribution in [0.1, 0.15) is 31.0 Å². The van der Waals surface area contributed by atoms with Crippen LogP contribution in [0.5, 0.6) is 0 Å². The van der Waals surface area contributed by atoms with E-state index in [1.165, 1.54) is 18.2 Å². The Kier molecular flexibility index (Phi) is 5.01. The number of fused-ring (bicyclic) bond motifs is 1. The Bertz CT molecular complexity index is 886. The first-order valence-corrected chi connectivity index (χ1v) is 8.59. The van der Waals surface area contributed by atoms with Gasteiger partial charge in [0, 0.05) is 12.6 Å². The fourth-order valence-corrected chi connectivity index (χ4v) is 3.63. The standard InChI is InChI=1S/C20H21F3N2O2/c1-20(2)14-8-13(22)9-15(23)18(14)25(19(20)27)17(16(26)10-24-3)11-5-4-6-12(21)7-11/h4-9,16-17,24,26H,10H2,1-3H3/t16-,17+/m1/s1. The van der Waals surface area contributed by atoms with Gasteiger partial charge in [0.2, 0.25) is 5.91 Å². The Morgan fingerprint density at radius 3 is 2.48 bits per heavy atom. The smallest absolute Gasteiger partial charge is 0.237 e. The van der Waals surface area contributed by atoms with Crippen LogP contribution in [-0.2, 0) is 10.2 Å². The van der Waals surface area contributed by atoms with Crippen LogP contribution < -0.4 is 10.2 Å². The van der Waals surface area contributed by atoms with Crippen LogP contribution in [0, 0.1) is 17.5 Å². The molecule has 0 bridgehead atoms. The van der Waals surface area contributed by atoms with Gasteiger partial charge in [-0.05, 0) is 50.2 Å². The van der Waals surface area contributed by atoms with Crippen LogP contribution in [0.4, 0.5) is 18.9 Å². The lowest BCUT2D eigenvalue weighted by atomic mass is 9.86. The molecule has 0 spiro atoms. The molecule has 27 heavy (non-hydrogen) atoms. The second-order valence-electron chi connectivity index (χ2n) is 7.21. The second-order valence-corrected chi connectivity index (χ2v) is 7.21. The second kappa shape index (κ2) is 6.98. The summed E-state index contributed by atoms with van der Waals surface area (Å²) in [6, 6.07) is 6.25. The quantitative estimate of drug-likeness (QED) is 0.841. The largest absolute Gasteiger partial charge is 0.389 e. The molecule has 1 amide bonds. The van der Waals surface area contributed by atoms with Gasteiger partial charge in [0.15, 0.2) is 0 Å². The number of nitrogens with zero attached hydrogens (tertiary/aromatic N) is 1. The van der Waals surface area contributed by atoms with Crippen molar-refractivity contribution in [2.24, 2.45) is 0 Å². The molecule has 1 aliphatic heterocycles. The van der Waals surface area contributed by atoms with E-state index in [1.807, 2.05) is 0 Å². The summed E-state index contributed by atoms with van der Waals surface area (Å²) in [6.45, 7) is 3.23. The van der Waals surface area contributed by atoms with Crippen LogP contribution in [0.2, 0.25) is 0 Å². The third-order valence-electron chi connectivity index (χ3n) is 4.94. The zero-order chi connectivity index (χ0) is 19.9. The Morgan fingerprint density at radius 1 is 1.15 bits per heavy atom. The molecule has 1 heterocycles. The molecule has 1 aliphatic rings. The van der Waals surface area contributed by atoms with Crippen molar-refractivity contribution in [2.45, 2.75) is 31.4 Å². The summed E-state index contributed by atoms with van der Waals surface area (Å²) in [6.07, 6.45) is -1.15. The molecule has 0 fully saturated rings. The van der Waals surface area contributed by atoms with Gasteiger partial charge in [-0.15, -0.1) is 0 Å². The maximum absolute atomic E-state index is 14.7. The number of likely N-dealkylation sites (N-methyl/N-ethyl adjacent to an activating group) is 1. The fraction of sp³-hybridized carbons (Fsp3) is 0.350. The number of carbonyl (C=O) groups excluding carboxylic acids is 1. The molecule has 144 valence electrons. The first-order chi connectivity index (χ1) is 12.7. The summed E-state index contributed by atoms with van der Waals surface area (Å²) in [5.74, 6) is -2.72. The first kappa shape index (κ1) is 19.4. The van der Waals surface area contributed by atoms with Crippen LogP contribution in [-0.4, -0.2) is 30.7 Å². The van der Waals surface area contributed by atoms with Crippen molar-refractivity contribution in [1.29, 1.82) is 0 Å². The number of hydrogen-bond donors (Lipinski definition) is 2. The molecule has 0 saturated heterocycles. The van der Waals surface area contributed by atoms with E-state index in [2.05, 4.69) is 5.32 Å². The molecule has 0 radical (unpaired) electrons. The summed E-state index contributed by atoms with van der Waals surface area (Å²) < 4.78 is 42.3. The molecule has 0 aromatic heterocycles. The number of amides is 1. The van der Waals surface area contributed by atoms with Crippen molar-refractivity contribution in [3.8, 4) is 0 Å². The number of aliphatic hydroxyl groups excluding tert-OH is 1. The topological polar surface area (TPSA) is 52.6 Å². The summed E-state index contributed by atoms with van der Waals surface area (Å²) >= 11 is 0. The predicted molar refractivity (Wildman–Crippen MR) is 95.9 cm³/mol. The van der Waals surface area contributed by atoms with E-state index >= 15 is 0 Å². The molecular formula is C20H21F3N2O2. The first-order valence-electron chi connectivity index (χ1n) is 8.59. The number of nitrogens with one attached hydrogen (secondary N) is 1. The molecule has 7 heteroatoms. The Hall–Kier alpha value is -2.38. The molecule has 3 rings (SSSR count). The number of rotatable bonds is 5. The number of halogens is 3. The average molecular weight is 378 g/mol. The number of hydrogen-bond acceptors (Lipinski definition) is 3. The van der Waals surface area contributed by atoms with E-state index < -0.39 is 40.9 Å². The number of aliphatic hydroxyl groups is 1. The summed E-state index contributed by atoms with van der Waals surface area (Å²) in [5.41, 5.74) is -0.763. The molecule has 2 aromatic carbocycles. The van der Waals surface area contributed by atoms with Gasteiger partial charge in [-0.25, -0.2) is 13.2 Å². The lowest BCUT2D eigenvalue weighted by molar-refractivity contribution is -0.123. The van der Waals surface area contributed by atoms with Gasteiger partial charge in [-0.1, -0.05) is 12.1 Å². The van der Waals surface area contributed by atoms with Crippen LogP contribution in [0.15, 0.2) is 36.4 Å². The van der Waals surface area contributed by atoms with E-state index in [0.717, 1.165) is 11.0 Å². The number of anilines is 1. The van der Waals surface area contributed by atoms with Crippen molar-refractivity contribution < 1.29 is 23.1 Å². The average Bonchev–Trinajstić information content (AvgIpc) is 2.77. The monoisotopic (exact) mass is 378 g/mol. The highest BCUT2D eigenvalue weighted by atomic mass is 19.1. The zero-order valence-corrected chi connectivity index (χ0v) is 15.3. The van der Waals surface area contributed by atoms with Crippen LogP contribution in [0.25, 0.3) is 0 Å². The maximum atomic E-state index is 14.7. The molecular weight excluding hydrogens is 357 g/mol. The van der Waals surface area contributed by atoms with Gasteiger partial charge in [0.05, 0.1) is 23.2 Å². The predicted octanol–water partition coefficient (Wildman–Crippen LogP) is 3.05. The normalized spacial score (nSPS) is 17.7. The van der Waals surface area contributed by atoms with Crippen molar-refractivity contribution in [3.63, 3.8) is 0 Å². The van der Waals surface area contributed by atoms with Gasteiger partial charge >= 0.3 is 0 Å². The lowest BCUT2D eigenvalue weighted by Crippen LogP contribution is -2.45. The molecule has 4 nitrogen and oxygen atoms in total. The van der Waals surface area contributed by atoms with Gasteiger partial charge in [0.25, 0.3) is 0 Å². The Morgan fingerprint density at radius 2 is 1.85 bits per heavy atom. The number of carbonyl (C=O) groups is 1.